The van der Waals surface area contributed by atoms with Gasteiger partial charge in [0.2, 0.25) is 5.88 Å². The van der Waals surface area contributed by atoms with Gasteiger partial charge in [0.25, 0.3) is 0 Å². The molecule has 2 aromatic rings. The maximum Gasteiger partial charge on any atom is 0.216 e. The van der Waals surface area contributed by atoms with E-state index in [0.717, 1.165) is 34.0 Å². The number of benzene rings is 1. The highest BCUT2D eigenvalue weighted by atomic mass is 16.5. The van der Waals surface area contributed by atoms with E-state index in [9.17, 15) is 5.11 Å². The van der Waals surface area contributed by atoms with Crippen molar-refractivity contribution in [1.82, 2.24) is 14.7 Å². The summed E-state index contributed by atoms with van der Waals surface area (Å²) in [5.74, 6) is 2.20. The van der Waals surface area contributed by atoms with Gasteiger partial charge in [0.05, 0.1) is 38.7 Å². The highest BCUT2D eigenvalue weighted by Gasteiger charge is 2.30. The minimum Gasteiger partial charge on any atom is -0.496 e. The summed E-state index contributed by atoms with van der Waals surface area (Å²) in [6, 6.07) is 3.72. The quantitative estimate of drug-likeness (QED) is 0.890. The Morgan fingerprint density at radius 1 is 1.16 bits per heavy atom. The van der Waals surface area contributed by atoms with Gasteiger partial charge in [-0.3, -0.25) is 4.90 Å². The molecule has 0 bridgehead atoms. The molecule has 1 unspecified atom stereocenters. The van der Waals surface area contributed by atoms with Crippen LogP contribution in [0.2, 0.25) is 0 Å². The van der Waals surface area contributed by atoms with Crippen molar-refractivity contribution in [3.63, 3.8) is 0 Å². The molecule has 1 atom stereocenters. The van der Waals surface area contributed by atoms with Crippen molar-refractivity contribution >= 4 is 0 Å². The standard InChI is InChI=1S/C18H25N3O4/c1-11-12(18(25-5)20(2)19-11)8-21-9-13-15(23-3)6-7-16(24-4)17(13)14(22)10-21/h6-7,14,22H,8-10H2,1-5H3. The predicted molar refractivity (Wildman–Crippen MR) is 93.1 cm³/mol. The van der Waals surface area contributed by atoms with E-state index in [0.29, 0.717) is 25.4 Å². The van der Waals surface area contributed by atoms with Crippen LogP contribution in [0.15, 0.2) is 12.1 Å². The van der Waals surface area contributed by atoms with Crippen LogP contribution in [0.5, 0.6) is 17.4 Å². The summed E-state index contributed by atoms with van der Waals surface area (Å²) in [5.41, 5.74) is 3.73. The molecule has 1 aliphatic rings. The Kier molecular flexibility index (Phi) is 4.87. The second kappa shape index (κ2) is 6.93. The molecular weight excluding hydrogens is 322 g/mol. The van der Waals surface area contributed by atoms with Crippen molar-refractivity contribution in [2.45, 2.75) is 26.1 Å². The second-order valence-electron chi connectivity index (χ2n) is 6.24. The van der Waals surface area contributed by atoms with Gasteiger partial charge in [0.15, 0.2) is 0 Å². The van der Waals surface area contributed by atoms with Crippen LogP contribution < -0.4 is 14.2 Å². The maximum atomic E-state index is 10.7. The number of fused-ring (bicyclic) bond motifs is 1. The summed E-state index contributed by atoms with van der Waals surface area (Å²) < 4.78 is 18.1. The maximum absolute atomic E-state index is 10.7. The molecule has 1 N–H and O–H groups in total. The van der Waals surface area contributed by atoms with Crippen molar-refractivity contribution in [3.8, 4) is 17.4 Å². The minimum atomic E-state index is -0.642. The molecule has 0 fully saturated rings. The van der Waals surface area contributed by atoms with Crippen LogP contribution in [0.3, 0.4) is 0 Å². The minimum absolute atomic E-state index is 0.508. The zero-order valence-electron chi connectivity index (χ0n) is 15.4. The molecule has 136 valence electrons. The first-order valence-corrected chi connectivity index (χ1v) is 8.20. The molecule has 1 aliphatic heterocycles. The van der Waals surface area contributed by atoms with E-state index in [4.69, 9.17) is 14.2 Å². The number of aryl methyl sites for hydroxylation is 2. The molecule has 3 rings (SSSR count). The summed E-state index contributed by atoms with van der Waals surface area (Å²) >= 11 is 0. The van der Waals surface area contributed by atoms with Crippen LogP contribution in [0.25, 0.3) is 0 Å². The zero-order valence-corrected chi connectivity index (χ0v) is 15.4. The number of ether oxygens (including phenoxy) is 3. The summed E-state index contributed by atoms with van der Waals surface area (Å²) in [4.78, 5) is 2.17. The van der Waals surface area contributed by atoms with E-state index in [1.807, 2.05) is 26.1 Å². The fourth-order valence-corrected chi connectivity index (χ4v) is 3.61. The molecule has 0 saturated carbocycles. The fourth-order valence-electron chi connectivity index (χ4n) is 3.61. The Balaban J connectivity index is 1.94. The van der Waals surface area contributed by atoms with Crippen LogP contribution in [0.1, 0.15) is 28.5 Å². The van der Waals surface area contributed by atoms with Crippen LogP contribution >= 0.6 is 0 Å². The first kappa shape index (κ1) is 17.6. The van der Waals surface area contributed by atoms with Gasteiger partial charge in [-0.2, -0.15) is 5.10 Å². The number of aromatic nitrogens is 2. The molecule has 1 aromatic heterocycles. The van der Waals surface area contributed by atoms with Crippen LogP contribution in [-0.4, -0.2) is 47.7 Å². The second-order valence-corrected chi connectivity index (χ2v) is 6.24. The van der Waals surface area contributed by atoms with Gasteiger partial charge in [-0.15, -0.1) is 0 Å². The Bertz CT molecular complexity index is 772. The zero-order chi connectivity index (χ0) is 18.1. The number of rotatable bonds is 5. The lowest BCUT2D eigenvalue weighted by Gasteiger charge is -2.34. The Hall–Kier alpha value is -2.25. The smallest absolute Gasteiger partial charge is 0.216 e. The van der Waals surface area contributed by atoms with Crippen molar-refractivity contribution in [3.05, 3.63) is 34.5 Å². The third kappa shape index (κ3) is 3.05. The van der Waals surface area contributed by atoms with Gasteiger partial charge in [-0.05, 0) is 19.1 Å². The third-order valence-corrected chi connectivity index (χ3v) is 4.72. The van der Waals surface area contributed by atoms with E-state index in [2.05, 4.69) is 10.00 Å². The SMILES string of the molecule is COc1ccc(OC)c2c1CN(Cc1c(C)nn(C)c1OC)CC2O. The van der Waals surface area contributed by atoms with Crippen molar-refractivity contribution in [2.75, 3.05) is 27.9 Å². The Labute approximate surface area is 147 Å². The van der Waals surface area contributed by atoms with Crippen LogP contribution in [0.4, 0.5) is 0 Å². The van der Waals surface area contributed by atoms with Crippen LogP contribution in [-0.2, 0) is 20.1 Å². The number of aliphatic hydroxyl groups excluding tert-OH is 1. The van der Waals surface area contributed by atoms with E-state index < -0.39 is 6.10 Å². The fraction of sp³-hybridized carbons (Fsp3) is 0.500. The van der Waals surface area contributed by atoms with Gasteiger partial charge in [0.1, 0.15) is 11.5 Å². The molecule has 1 aromatic carbocycles. The molecule has 7 nitrogen and oxygen atoms in total. The largest absolute Gasteiger partial charge is 0.496 e. The van der Waals surface area contributed by atoms with Crippen molar-refractivity contribution < 1.29 is 19.3 Å². The molecule has 2 heterocycles. The predicted octanol–water partition coefficient (Wildman–Crippen LogP) is 1.80. The molecule has 0 aliphatic carbocycles. The first-order chi connectivity index (χ1) is 12.0. The van der Waals surface area contributed by atoms with E-state index in [1.54, 1.807) is 26.0 Å². The average molecular weight is 347 g/mol. The summed E-state index contributed by atoms with van der Waals surface area (Å²) in [5, 5.41) is 15.1. The number of methoxy groups -OCH3 is 3. The lowest BCUT2D eigenvalue weighted by Crippen LogP contribution is -2.34. The number of nitrogens with zero attached hydrogens (tertiary/aromatic N) is 3. The number of aliphatic hydroxyl groups is 1. The first-order valence-electron chi connectivity index (χ1n) is 8.20. The summed E-state index contributed by atoms with van der Waals surface area (Å²) in [7, 11) is 6.77. The number of hydrogen-bond donors (Lipinski definition) is 1. The highest BCUT2D eigenvalue weighted by molar-refractivity contribution is 5.51. The highest BCUT2D eigenvalue weighted by Crippen LogP contribution is 2.40. The van der Waals surface area contributed by atoms with Gasteiger partial charge >= 0.3 is 0 Å². The van der Waals surface area contributed by atoms with Crippen molar-refractivity contribution in [1.29, 1.82) is 0 Å². The van der Waals surface area contributed by atoms with Crippen molar-refractivity contribution in [2.24, 2.45) is 7.05 Å². The molecular formula is C18H25N3O4. The molecule has 0 saturated heterocycles. The number of hydrogen-bond acceptors (Lipinski definition) is 6. The van der Waals surface area contributed by atoms with Gasteiger partial charge in [-0.25, -0.2) is 4.68 Å². The van der Waals surface area contributed by atoms with Gasteiger partial charge in [0, 0.05) is 37.8 Å². The van der Waals surface area contributed by atoms with E-state index in [1.165, 1.54) is 0 Å². The average Bonchev–Trinajstić information content (AvgIpc) is 2.86. The normalized spacial score (nSPS) is 17.3. The van der Waals surface area contributed by atoms with Gasteiger partial charge < -0.3 is 19.3 Å². The summed E-state index contributed by atoms with van der Waals surface area (Å²) in [6.45, 7) is 3.77. The van der Waals surface area contributed by atoms with Crippen LogP contribution in [0, 0.1) is 6.92 Å². The van der Waals surface area contributed by atoms with Gasteiger partial charge in [-0.1, -0.05) is 0 Å². The lowest BCUT2D eigenvalue weighted by molar-refractivity contribution is 0.0837. The topological polar surface area (TPSA) is 69.0 Å². The Morgan fingerprint density at radius 3 is 2.48 bits per heavy atom. The summed E-state index contributed by atoms with van der Waals surface area (Å²) in [6.07, 6.45) is -0.642. The Morgan fingerprint density at radius 2 is 1.84 bits per heavy atom. The van der Waals surface area contributed by atoms with E-state index in [-0.39, 0.29) is 0 Å². The third-order valence-electron chi connectivity index (χ3n) is 4.72. The molecule has 7 heteroatoms. The van der Waals surface area contributed by atoms with E-state index >= 15 is 0 Å². The number of β-amino-alcohol motifs (C(OH)–C–C–N with tert-alkyl or cyclic N) is 1. The molecule has 0 radical (unpaired) electrons. The monoisotopic (exact) mass is 347 g/mol. The molecule has 0 spiro atoms. The molecule has 0 amide bonds. The lowest BCUT2D eigenvalue weighted by atomic mass is 9.95. The molecule has 25 heavy (non-hydrogen) atoms.